The Hall–Kier alpha value is -3.82. The molecule has 0 aliphatic heterocycles. The van der Waals surface area contributed by atoms with E-state index in [1.165, 1.54) is 10.7 Å². The van der Waals surface area contributed by atoms with Crippen molar-refractivity contribution in [2.45, 2.75) is 6.42 Å². The molecule has 0 fully saturated rings. The zero-order valence-electron chi connectivity index (χ0n) is 14.5. The lowest BCUT2D eigenvalue weighted by Crippen LogP contribution is -2.16. The molecule has 0 aliphatic carbocycles. The van der Waals surface area contributed by atoms with Crippen molar-refractivity contribution in [3.05, 3.63) is 58.6 Å². The number of nitro groups is 1. The molecule has 1 heterocycles. The highest BCUT2D eigenvalue weighted by Gasteiger charge is 2.12. The number of nitrogens with zero attached hydrogens (tertiary/aromatic N) is 5. The van der Waals surface area contributed by atoms with Gasteiger partial charge in [-0.3, -0.25) is 14.9 Å². The molecule has 10 nitrogen and oxygen atoms in total. The largest absolute Gasteiger partial charge is 0.379 e. The van der Waals surface area contributed by atoms with Crippen LogP contribution in [0.1, 0.15) is 6.42 Å². The van der Waals surface area contributed by atoms with Crippen LogP contribution in [0.5, 0.6) is 0 Å². The summed E-state index contributed by atoms with van der Waals surface area (Å²) in [6.07, 6.45) is 0.155. The van der Waals surface area contributed by atoms with Crippen LogP contribution in [-0.4, -0.2) is 37.6 Å². The lowest BCUT2D eigenvalue weighted by atomic mass is 10.2. The monoisotopic (exact) mass is 367 g/mol. The average molecular weight is 367 g/mol. The fourth-order valence-electron chi connectivity index (χ4n) is 2.53. The maximum absolute atomic E-state index is 12.2. The van der Waals surface area contributed by atoms with E-state index in [9.17, 15) is 14.9 Å². The Morgan fingerprint density at radius 1 is 1.22 bits per heavy atom. The van der Waals surface area contributed by atoms with Crippen LogP contribution in [0, 0.1) is 10.1 Å². The Kier molecular flexibility index (Phi) is 5.36. The van der Waals surface area contributed by atoms with Crippen molar-refractivity contribution < 1.29 is 9.72 Å². The number of carbonyl (C=O) groups excluding carboxylic acids is 1. The molecule has 0 unspecified atom stereocenters. The zero-order valence-corrected chi connectivity index (χ0v) is 14.5. The molecule has 10 heteroatoms. The van der Waals surface area contributed by atoms with Gasteiger partial charge in [-0.15, -0.1) is 5.10 Å². The van der Waals surface area contributed by atoms with Gasteiger partial charge in [-0.25, -0.2) is 4.68 Å². The quantitative estimate of drug-likeness (QED) is 0.484. The van der Waals surface area contributed by atoms with Gasteiger partial charge in [0.1, 0.15) is 5.69 Å². The number of para-hydroxylation sites is 2. The number of aryl methyl sites for hydroxylation is 1. The van der Waals surface area contributed by atoms with Gasteiger partial charge >= 0.3 is 0 Å². The summed E-state index contributed by atoms with van der Waals surface area (Å²) in [7, 11) is 1.73. The highest BCUT2D eigenvalue weighted by Crippen LogP contribution is 2.23. The molecule has 0 spiro atoms. The second-order valence-corrected chi connectivity index (χ2v) is 5.71. The molecular formula is C17H17N7O3. The van der Waals surface area contributed by atoms with Gasteiger partial charge in [0.15, 0.2) is 5.82 Å². The summed E-state index contributed by atoms with van der Waals surface area (Å²) >= 11 is 0. The molecular weight excluding hydrogens is 350 g/mol. The molecule has 3 rings (SSSR count). The maximum atomic E-state index is 12.2. The van der Waals surface area contributed by atoms with Crippen LogP contribution in [0.25, 0.3) is 11.4 Å². The second-order valence-electron chi connectivity index (χ2n) is 5.71. The summed E-state index contributed by atoms with van der Waals surface area (Å²) in [6, 6.07) is 13.5. The van der Waals surface area contributed by atoms with Crippen LogP contribution in [-0.2, 0) is 11.8 Å². The van der Waals surface area contributed by atoms with Gasteiger partial charge in [0, 0.05) is 37.3 Å². The second kappa shape index (κ2) is 8.04. The molecule has 27 heavy (non-hydrogen) atoms. The molecule has 0 saturated carbocycles. The Morgan fingerprint density at radius 3 is 2.78 bits per heavy atom. The fourth-order valence-corrected chi connectivity index (χ4v) is 2.53. The Bertz CT molecular complexity index is 970. The third-order valence-corrected chi connectivity index (χ3v) is 3.79. The van der Waals surface area contributed by atoms with Crippen LogP contribution in [0.2, 0.25) is 0 Å². The molecule has 0 atom stereocenters. The third-order valence-electron chi connectivity index (χ3n) is 3.79. The number of carbonyl (C=O) groups is 1. The predicted molar refractivity (Wildman–Crippen MR) is 99.1 cm³/mol. The Labute approximate surface area is 154 Å². The van der Waals surface area contributed by atoms with Gasteiger partial charge in [0.25, 0.3) is 5.69 Å². The molecule has 0 saturated heterocycles. The number of anilines is 2. The summed E-state index contributed by atoms with van der Waals surface area (Å²) in [5.41, 5.74) is 1.75. The molecule has 1 aromatic heterocycles. The molecule has 0 aliphatic rings. The van der Waals surface area contributed by atoms with Crippen molar-refractivity contribution in [3.8, 4) is 11.4 Å². The average Bonchev–Trinajstić information content (AvgIpc) is 3.08. The Morgan fingerprint density at radius 2 is 2.04 bits per heavy atom. The molecule has 1 amide bonds. The number of nitro benzene ring substituents is 1. The van der Waals surface area contributed by atoms with E-state index in [4.69, 9.17) is 0 Å². The molecule has 138 valence electrons. The van der Waals surface area contributed by atoms with E-state index >= 15 is 0 Å². The minimum atomic E-state index is -0.463. The SMILES string of the molecule is Cn1nnnc1-c1cccc(NC(=O)CCNc2ccccc2[N+](=O)[O-])c1. The van der Waals surface area contributed by atoms with Crippen LogP contribution >= 0.6 is 0 Å². The summed E-state index contributed by atoms with van der Waals surface area (Å²) < 4.78 is 1.54. The van der Waals surface area contributed by atoms with E-state index < -0.39 is 4.92 Å². The van der Waals surface area contributed by atoms with Gasteiger partial charge in [0.2, 0.25) is 5.91 Å². The van der Waals surface area contributed by atoms with E-state index in [2.05, 4.69) is 26.2 Å². The number of rotatable bonds is 7. The number of nitrogens with one attached hydrogen (secondary N) is 2. The Balaban J connectivity index is 1.58. The zero-order chi connectivity index (χ0) is 19.2. The van der Waals surface area contributed by atoms with E-state index in [1.54, 1.807) is 43.4 Å². The number of aromatic nitrogens is 4. The number of tetrazole rings is 1. The number of benzene rings is 2. The van der Waals surface area contributed by atoms with Gasteiger partial charge in [-0.05, 0) is 28.6 Å². The maximum Gasteiger partial charge on any atom is 0.292 e. The third kappa shape index (κ3) is 4.42. The topological polar surface area (TPSA) is 128 Å². The lowest BCUT2D eigenvalue weighted by Gasteiger charge is -2.09. The summed E-state index contributed by atoms with van der Waals surface area (Å²) in [5, 5.41) is 28.0. The molecule has 2 N–H and O–H groups in total. The van der Waals surface area contributed by atoms with E-state index in [0.717, 1.165) is 5.56 Å². The normalized spacial score (nSPS) is 10.4. The van der Waals surface area contributed by atoms with Gasteiger partial charge < -0.3 is 10.6 Å². The van der Waals surface area contributed by atoms with Crippen molar-refractivity contribution in [2.24, 2.45) is 7.05 Å². The highest BCUT2D eigenvalue weighted by atomic mass is 16.6. The number of amides is 1. The van der Waals surface area contributed by atoms with Crippen LogP contribution in [0.15, 0.2) is 48.5 Å². The van der Waals surface area contributed by atoms with Crippen molar-refractivity contribution >= 4 is 23.0 Å². The van der Waals surface area contributed by atoms with Crippen molar-refractivity contribution in [1.82, 2.24) is 20.2 Å². The van der Waals surface area contributed by atoms with Crippen molar-refractivity contribution in [1.29, 1.82) is 0 Å². The van der Waals surface area contributed by atoms with E-state index in [-0.39, 0.29) is 24.6 Å². The van der Waals surface area contributed by atoms with E-state index in [0.29, 0.717) is 17.2 Å². The van der Waals surface area contributed by atoms with E-state index in [1.807, 2.05) is 6.07 Å². The fraction of sp³-hybridized carbons (Fsp3) is 0.176. The molecule has 0 bridgehead atoms. The smallest absolute Gasteiger partial charge is 0.292 e. The summed E-state index contributed by atoms with van der Waals surface area (Å²) in [4.78, 5) is 22.7. The first-order valence-electron chi connectivity index (χ1n) is 8.14. The first kappa shape index (κ1) is 18.0. The number of hydrogen-bond donors (Lipinski definition) is 2. The van der Waals surface area contributed by atoms with Crippen LogP contribution in [0.3, 0.4) is 0 Å². The minimum absolute atomic E-state index is 0.0251. The van der Waals surface area contributed by atoms with Crippen LogP contribution in [0.4, 0.5) is 17.1 Å². The summed E-state index contributed by atoms with van der Waals surface area (Å²) in [5.74, 6) is 0.374. The minimum Gasteiger partial charge on any atom is -0.379 e. The summed E-state index contributed by atoms with van der Waals surface area (Å²) in [6.45, 7) is 0.267. The first-order valence-corrected chi connectivity index (χ1v) is 8.14. The molecule has 0 radical (unpaired) electrons. The van der Waals surface area contributed by atoms with Crippen LogP contribution < -0.4 is 10.6 Å². The van der Waals surface area contributed by atoms with Crippen molar-refractivity contribution in [3.63, 3.8) is 0 Å². The highest BCUT2D eigenvalue weighted by molar-refractivity contribution is 5.91. The first-order chi connectivity index (χ1) is 13.0. The number of hydrogen-bond acceptors (Lipinski definition) is 7. The van der Waals surface area contributed by atoms with Gasteiger partial charge in [0.05, 0.1) is 4.92 Å². The standard InChI is InChI=1S/C17H17N7O3/c1-23-17(20-21-22-23)12-5-4-6-13(11-12)19-16(25)9-10-18-14-7-2-3-8-15(14)24(26)27/h2-8,11,18H,9-10H2,1H3,(H,19,25). The van der Waals surface area contributed by atoms with Gasteiger partial charge in [-0.2, -0.15) is 0 Å². The lowest BCUT2D eigenvalue weighted by molar-refractivity contribution is -0.384. The molecule has 3 aromatic rings. The van der Waals surface area contributed by atoms with Gasteiger partial charge in [-0.1, -0.05) is 24.3 Å². The molecule has 2 aromatic carbocycles. The van der Waals surface area contributed by atoms with Crippen molar-refractivity contribution in [2.75, 3.05) is 17.2 Å². The predicted octanol–water partition coefficient (Wildman–Crippen LogP) is 2.23.